The van der Waals surface area contributed by atoms with Crippen LogP contribution in [0.1, 0.15) is 10.5 Å². The SMILES string of the molecule is O=C(Nc1ccc(Cl)cc1F)Nc1cccnc1C(=O)O. The highest BCUT2D eigenvalue weighted by Crippen LogP contribution is 2.19. The lowest BCUT2D eigenvalue weighted by molar-refractivity contribution is 0.0691. The van der Waals surface area contributed by atoms with E-state index in [-0.39, 0.29) is 22.1 Å². The quantitative estimate of drug-likeness (QED) is 0.812. The van der Waals surface area contributed by atoms with Gasteiger partial charge in [0.15, 0.2) is 5.69 Å². The van der Waals surface area contributed by atoms with E-state index >= 15 is 0 Å². The van der Waals surface area contributed by atoms with Crippen LogP contribution >= 0.6 is 11.6 Å². The molecule has 0 spiro atoms. The van der Waals surface area contributed by atoms with E-state index in [0.29, 0.717) is 0 Å². The number of carboxylic acids is 1. The van der Waals surface area contributed by atoms with Gasteiger partial charge in [0.05, 0.1) is 11.4 Å². The first-order valence-corrected chi connectivity index (χ1v) is 6.06. The van der Waals surface area contributed by atoms with Gasteiger partial charge in [-0.1, -0.05) is 11.6 Å². The number of carbonyl (C=O) groups excluding carboxylic acids is 1. The lowest BCUT2D eigenvalue weighted by Crippen LogP contribution is -2.22. The lowest BCUT2D eigenvalue weighted by atomic mass is 10.3. The van der Waals surface area contributed by atoms with Gasteiger partial charge in [0.1, 0.15) is 5.82 Å². The molecule has 1 aromatic carbocycles. The highest BCUT2D eigenvalue weighted by Gasteiger charge is 2.14. The number of urea groups is 1. The molecule has 6 nitrogen and oxygen atoms in total. The largest absolute Gasteiger partial charge is 0.476 e. The summed E-state index contributed by atoms with van der Waals surface area (Å²) >= 11 is 5.60. The molecule has 1 aromatic heterocycles. The van der Waals surface area contributed by atoms with Gasteiger partial charge in [-0.3, -0.25) is 0 Å². The summed E-state index contributed by atoms with van der Waals surface area (Å²) in [6.45, 7) is 0. The molecule has 0 fully saturated rings. The Labute approximate surface area is 123 Å². The maximum Gasteiger partial charge on any atom is 0.356 e. The summed E-state index contributed by atoms with van der Waals surface area (Å²) in [4.78, 5) is 26.3. The number of halogens is 2. The number of pyridine rings is 1. The standard InChI is InChI=1S/C13H9ClFN3O3/c14-7-3-4-9(8(15)6-7)17-13(21)18-10-2-1-5-16-11(10)12(19)20/h1-6H,(H,19,20)(H2,17,18,21). The van der Waals surface area contributed by atoms with Crippen LogP contribution < -0.4 is 10.6 Å². The highest BCUT2D eigenvalue weighted by molar-refractivity contribution is 6.30. The predicted molar refractivity (Wildman–Crippen MR) is 75.2 cm³/mol. The molecule has 0 saturated heterocycles. The third kappa shape index (κ3) is 3.67. The third-order valence-corrected chi connectivity index (χ3v) is 2.67. The lowest BCUT2D eigenvalue weighted by Gasteiger charge is -2.09. The van der Waals surface area contributed by atoms with Crippen molar-refractivity contribution in [3.8, 4) is 0 Å². The van der Waals surface area contributed by atoms with Crippen LogP contribution in [0.5, 0.6) is 0 Å². The topological polar surface area (TPSA) is 91.3 Å². The summed E-state index contributed by atoms with van der Waals surface area (Å²) in [5, 5.41) is 13.7. The monoisotopic (exact) mass is 309 g/mol. The zero-order chi connectivity index (χ0) is 15.4. The Morgan fingerprint density at radius 1 is 1.19 bits per heavy atom. The van der Waals surface area contributed by atoms with Crippen molar-refractivity contribution in [1.82, 2.24) is 4.98 Å². The molecular weight excluding hydrogens is 301 g/mol. The van der Waals surface area contributed by atoms with E-state index < -0.39 is 17.8 Å². The molecule has 0 aliphatic rings. The van der Waals surface area contributed by atoms with Gasteiger partial charge in [0, 0.05) is 11.2 Å². The van der Waals surface area contributed by atoms with E-state index in [1.807, 2.05) is 0 Å². The minimum absolute atomic E-state index is 0.00290. The van der Waals surface area contributed by atoms with Gasteiger partial charge in [-0.15, -0.1) is 0 Å². The van der Waals surface area contributed by atoms with Gasteiger partial charge in [0.25, 0.3) is 0 Å². The van der Waals surface area contributed by atoms with Crippen molar-refractivity contribution < 1.29 is 19.1 Å². The van der Waals surface area contributed by atoms with Crippen molar-refractivity contribution in [1.29, 1.82) is 0 Å². The maximum absolute atomic E-state index is 13.5. The molecule has 0 atom stereocenters. The number of carbonyl (C=O) groups is 2. The molecule has 0 saturated carbocycles. The first-order chi connectivity index (χ1) is 9.97. The zero-order valence-corrected chi connectivity index (χ0v) is 11.2. The Bertz CT molecular complexity index is 709. The Balaban J connectivity index is 2.14. The molecule has 2 aromatic rings. The van der Waals surface area contributed by atoms with Crippen LogP contribution in [0, 0.1) is 5.82 Å². The minimum atomic E-state index is -1.29. The first kappa shape index (κ1) is 14.7. The third-order valence-electron chi connectivity index (χ3n) is 2.44. The smallest absolute Gasteiger partial charge is 0.356 e. The second-order valence-electron chi connectivity index (χ2n) is 3.91. The molecule has 1 heterocycles. The molecule has 108 valence electrons. The van der Waals surface area contributed by atoms with Crippen LogP contribution in [0.25, 0.3) is 0 Å². The summed E-state index contributed by atoms with van der Waals surface area (Å²) in [5.74, 6) is -1.99. The molecule has 0 aliphatic carbocycles. The number of anilines is 2. The van der Waals surface area contributed by atoms with Crippen LogP contribution in [-0.4, -0.2) is 22.1 Å². The Hall–Kier alpha value is -2.67. The van der Waals surface area contributed by atoms with Crippen molar-refractivity contribution >= 4 is 35.0 Å². The number of nitrogens with one attached hydrogen (secondary N) is 2. The number of hydrogen-bond acceptors (Lipinski definition) is 3. The minimum Gasteiger partial charge on any atom is -0.476 e. The van der Waals surface area contributed by atoms with Crippen molar-refractivity contribution in [2.45, 2.75) is 0 Å². The van der Waals surface area contributed by atoms with Gasteiger partial charge < -0.3 is 15.7 Å². The van der Waals surface area contributed by atoms with Crippen molar-refractivity contribution in [3.63, 3.8) is 0 Å². The van der Waals surface area contributed by atoms with Gasteiger partial charge in [0.2, 0.25) is 0 Å². The van der Waals surface area contributed by atoms with Gasteiger partial charge in [-0.2, -0.15) is 0 Å². The van der Waals surface area contributed by atoms with E-state index in [9.17, 15) is 14.0 Å². The van der Waals surface area contributed by atoms with Crippen LogP contribution in [0.3, 0.4) is 0 Å². The molecule has 0 unspecified atom stereocenters. The van der Waals surface area contributed by atoms with E-state index in [2.05, 4.69) is 15.6 Å². The number of hydrogen-bond donors (Lipinski definition) is 3. The van der Waals surface area contributed by atoms with Crippen molar-refractivity contribution in [2.75, 3.05) is 10.6 Å². The molecule has 2 rings (SSSR count). The number of aromatic nitrogens is 1. The highest BCUT2D eigenvalue weighted by atomic mass is 35.5. The maximum atomic E-state index is 13.5. The normalized spacial score (nSPS) is 10.0. The number of rotatable bonds is 3. The number of carboxylic acid groups (broad SMARTS) is 1. The van der Waals surface area contributed by atoms with Crippen molar-refractivity contribution in [2.24, 2.45) is 0 Å². The van der Waals surface area contributed by atoms with E-state index in [1.54, 1.807) is 0 Å². The fourth-order valence-electron chi connectivity index (χ4n) is 1.54. The second kappa shape index (κ2) is 6.19. The van der Waals surface area contributed by atoms with Crippen LogP contribution in [0.2, 0.25) is 5.02 Å². The van der Waals surface area contributed by atoms with E-state index in [1.165, 1.54) is 30.5 Å². The van der Waals surface area contributed by atoms with Crippen LogP contribution in [0.4, 0.5) is 20.6 Å². The van der Waals surface area contributed by atoms with Gasteiger partial charge in [-0.05, 0) is 30.3 Å². The molecule has 0 bridgehead atoms. The Morgan fingerprint density at radius 2 is 1.90 bits per heavy atom. The van der Waals surface area contributed by atoms with Gasteiger partial charge in [-0.25, -0.2) is 19.0 Å². The molecular formula is C13H9ClFN3O3. The van der Waals surface area contributed by atoms with Crippen LogP contribution in [-0.2, 0) is 0 Å². The molecule has 0 radical (unpaired) electrons. The second-order valence-corrected chi connectivity index (χ2v) is 4.34. The predicted octanol–water partition coefficient (Wildman–Crippen LogP) is 3.22. The fraction of sp³-hybridized carbons (Fsp3) is 0. The number of benzene rings is 1. The molecule has 21 heavy (non-hydrogen) atoms. The van der Waals surface area contributed by atoms with Crippen LogP contribution in [0.15, 0.2) is 36.5 Å². The van der Waals surface area contributed by atoms with E-state index in [4.69, 9.17) is 16.7 Å². The van der Waals surface area contributed by atoms with E-state index in [0.717, 1.165) is 6.07 Å². The Kier molecular flexibility index (Phi) is 4.34. The molecule has 0 aliphatic heterocycles. The average Bonchev–Trinajstić information content (AvgIpc) is 2.42. The summed E-state index contributed by atoms with van der Waals surface area (Å²) in [5.41, 5.74) is -0.404. The Morgan fingerprint density at radius 3 is 2.57 bits per heavy atom. The number of amides is 2. The molecule has 8 heteroatoms. The zero-order valence-electron chi connectivity index (χ0n) is 10.4. The molecule has 3 N–H and O–H groups in total. The average molecular weight is 310 g/mol. The molecule has 2 amide bonds. The number of nitrogens with zero attached hydrogens (tertiary/aromatic N) is 1. The fourth-order valence-corrected chi connectivity index (χ4v) is 1.70. The first-order valence-electron chi connectivity index (χ1n) is 5.69. The summed E-state index contributed by atoms with van der Waals surface area (Å²) in [6.07, 6.45) is 1.28. The summed E-state index contributed by atoms with van der Waals surface area (Å²) in [6, 6.07) is 5.78. The van der Waals surface area contributed by atoms with Crippen molar-refractivity contribution in [3.05, 3.63) is 53.1 Å². The number of aromatic carboxylic acids is 1. The van der Waals surface area contributed by atoms with Gasteiger partial charge >= 0.3 is 12.0 Å². The summed E-state index contributed by atoms with van der Waals surface area (Å²) < 4.78 is 13.5. The summed E-state index contributed by atoms with van der Waals surface area (Å²) in [7, 11) is 0.